The standard InChI is InChI=1S/C31H35FN6O3/c1-20(2)36(3)30(40)24-14-23(32)6-7-26(24)41-27-15-33-19-34-29(27)38-11-9-31(18-38)8-10-37(17-31)16-21-4-5-22-13-28(39)35-25(22)12-21/h4-7,12,14-15,19-20H,8-11,13,16-18H2,1-3H3,(H,35,39). The summed E-state index contributed by atoms with van der Waals surface area (Å²) < 4.78 is 20.4. The third kappa shape index (κ3) is 5.48. The highest BCUT2D eigenvalue weighted by molar-refractivity contribution is 5.99. The molecule has 1 N–H and O–H groups in total. The van der Waals surface area contributed by atoms with Crippen LogP contribution in [0.3, 0.4) is 0 Å². The van der Waals surface area contributed by atoms with Crippen LogP contribution in [0.4, 0.5) is 15.9 Å². The van der Waals surface area contributed by atoms with E-state index in [-0.39, 0.29) is 34.6 Å². The second-order valence-corrected chi connectivity index (χ2v) is 11.8. The van der Waals surface area contributed by atoms with E-state index < -0.39 is 5.82 Å². The molecule has 2 fully saturated rings. The van der Waals surface area contributed by atoms with Gasteiger partial charge in [-0.15, -0.1) is 0 Å². The van der Waals surface area contributed by atoms with Gasteiger partial charge in [-0.25, -0.2) is 14.4 Å². The van der Waals surface area contributed by atoms with Crippen molar-refractivity contribution in [2.24, 2.45) is 5.41 Å². The van der Waals surface area contributed by atoms with Gasteiger partial charge in [0.05, 0.1) is 18.2 Å². The molecule has 2 saturated heterocycles. The highest BCUT2D eigenvalue weighted by atomic mass is 19.1. The minimum atomic E-state index is -0.501. The molecule has 3 aliphatic rings. The number of amides is 2. The van der Waals surface area contributed by atoms with E-state index in [4.69, 9.17) is 4.74 Å². The fourth-order valence-corrected chi connectivity index (χ4v) is 6.15. The number of nitrogens with zero attached hydrogens (tertiary/aromatic N) is 5. The monoisotopic (exact) mass is 558 g/mol. The molecular formula is C31H35FN6O3. The molecule has 2 amide bonds. The topological polar surface area (TPSA) is 90.9 Å². The zero-order chi connectivity index (χ0) is 28.7. The largest absolute Gasteiger partial charge is 0.451 e. The Kier molecular flexibility index (Phi) is 7.11. The highest BCUT2D eigenvalue weighted by Crippen LogP contribution is 2.43. The van der Waals surface area contributed by atoms with Crippen molar-refractivity contribution in [2.45, 2.75) is 45.7 Å². The van der Waals surface area contributed by atoms with Crippen LogP contribution in [0.5, 0.6) is 11.5 Å². The normalized spacial score (nSPS) is 20.1. The van der Waals surface area contributed by atoms with E-state index in [0.29, 0.717) is 18.0 Å². The molecule has 9 nitrogen and oxygen atoms in total. The van der Waals surface area contributed by atoms with Gasteiger partial charge in [0.15, 0.2) is 11.6 Å². The van der Waals surface area contributed by atoms with Crippen molar-refractivity contribution in [3.05, 3.63) is 71.4 Å². The number of ether oxygens (including phenoxy) is 1. The summed E-state index contributed by atoms with van der Waals surface area (Å²) in [5, 5.41) is 2.95. The molecule has 1 atom stereocenters. The Labute approximate surface area is 239 Å². The second kappa shape index (κ2) is 10.7. The number of rotatable bonds is 7. The van der Waals surface area contributed by atoms with Gasteiger partial charge in [-0.05, 0) is 68.6 Å². The van der Waals surface area contributed by atoms with Gasteiger partial charge in [0.2, 0.25) is 5.91 Å². The van der Waals surface area contributed by atoms with E-state index in [2.05, 4.69) is 43.3 Å². The number of likely N-dealkylation sites (tertiary alicyclic amines) is 1. The summed E-state index contributed by atoms with van der Waals surface area (Å²) in [4.78, 5) is 39.9. The van der Waals surface area contributed by atoms with Gasteiger partial charge >= 0.3 is 0 Å². The summed E-state index contributed by atoms with van der Waals surface area (Å²) in [5.74, 6) is 0.620. The Hall–Kier alpha value is -4.05. The third-order valence-electron chi connectivity index (χ3n) is 8.61. The van der Waals surface area contributed by atoms with E-state index in [9.17, 15) is 14.0 Å². The predicted octanol–water partition coefficient (Wildman–Crippen LogP) is 4.49. The summed E-state index contributed by atoms with van der Waals surface area (Å²) in [7, 11) is 1.69. The maximum absolute atomic E-state index is 14.2. The molecule has 2 aromatic carbocycles. The molecule has 1 spiro atoms. The molecular weight excluding hydrogens is 523 g/mol. The highest BCUT2D eigenvalue weighted by Gasteiger charge is 2.44. The summed E-state index contributed by atoms with van der Waals surface area (Å²) in [6.07, 6.45) is 5.69. The lowest BCUT2D eigenvalue weighted by Crippen LogP contribution is -2.33. The summed E-state index contributed by atoms with van der Waals surface area (Å²) in [6, 6.07) is 10.2. The predicted molar refractivity (Wildman–Crippen MR) is 154 cm³/mol. The van der Waals surface area contributed by atoms with Crippen LogP contribution in [0.25, 0.3) is 0 Å². The molecule has 1 unspecified atom stereocenters. The van der Waals surface area contributed by atoms with Gasteiger partial charge in [-0.3, -0.25) is 14.5 Å². The number of benzene rings is 2. The van der Waals surface area contributed by atoms with Gasteiger partial charge in [-0.2, -0.15) is 0 Å². The van der Waals surface area contributed by atoms with Crippen LogP contribution in [0.15, 0.2) is 48.9 Å². The number of fused-ring (bicyclic) bond motifs is 1. The van der Waals surface area contributed by atoms with Crippen LogP contribution in [0.1, 0.15) is 48.2 Å². The van der Waals surface area contributed by atoms with Crippen molar-refractivity contribution in [1.29, 1.82) is 0 Å². The lowest BCUT2D eigenvalue weighted by Gasteiger charge is -2.26. The van der Waals surface area contributed by atoms with Crippen LogP contribution in [0, 0.1) is 11.2 Å². The maximum atomic E-state index is 14.2. The molecule has 3 aromatic rings. The Bertz CT molecular complexity index is 1500. The fraction of sp³-hybridized carbons (Fsp3) is 0.419. The van der Waals surface area contributed by atoms with Crippen LogP contribution < -0.4 is 15.0 Å². The van der Waals surface area contributed by atoms with Crippen molar-refractivity contribution >= 4 is 23.3 Å². The number of aromatic nitrogens is 2. The van der Waals surface area contributed by atoms with Crippen LogP contribution in [-0.2, 0) is 17.8 Å². The lowest BCUT2D eigenvalue weighted by atomic mass is 9.86. The second-order valence-electron chi connectivity index (χ2n) is 11.8. The van der Waals surface area contributed by atoms with Crippen LogP contribution in [0.2, 0.25) is 0 Å². The molecule has 10 heteroatoms. The number of hydrogen-bond acceptors (Lipinski definition) is 7. The Balaban J connectivity index is 1.16. The van der Waals surface area contributed by atoms with Gasteiger partial charge < -0.3 is 19.9 Å². The smallest absolute Gasteiger partial charge is 0.257 e. The molecule has 3 aliphatic heterocycles. The number of anilines is 2. The van der Waals surface area contributed by atoms with Crippen molar-refractivity contribution < 1.29 is 18.7 Å². The summed E-state index contributed by atoms with van der Waals surface area (Å²) in [5.41, 5.74) is 3.51. The number of carbonyl (C=O) groups excluding carboxylic acids is 2. The third-order valence-corrected chi connectivity index (χ3v) is 8.61. The molecule has 4 heterocycles. The molecule has 214 valence electrons. The van der Waals surface area contributed by atoms with Crippen molar-refractivity contribution in [1.82, 2.24) is 19.8 Å². The van der Waals surface area contributed by atoms with E-state index in [0.717, 1.165) is 56.8 Å². The van der Waals surface area contributed by atoms with Gasteiger partial charge in [0.25, 0.3) is 5.91 Å². The first kappa shape index (κ1) is 27.1. The molecule has 1 aromatic heterocycles. The van der Waals surface area contributed by atoms with Crippen LogP contribution in [-0.4, -0.2) is 70.9 Å². The first-order valence-electron chi connectivity index (χ1n) is 14.1. The van der Waals surface area contributed by atoms with E-state index >= 15 is 0 Å². The minimum Gasteiger partial charge on any atom is -0.451 e. The Morgan fingerprint density at radius 2 is 1.98 bits per heavy atom. The zero-order valence-corrected chi connectivity index (χ0v) is 23.7. The molecule has 0 radical (unpaired) electrons. The number of nitrogens with one attached hydrogen (secondary N) is 1. The molecule has 0 aliphatic carbocycles. The van der Waals surface area contributed by atoms with Gasteiger partial charge in [-0.1, -0.05) is 12.1 Å². The maximum Gasteiger partial charge on any atom is 0.257 e. The van der Waals surface area contributed by atoms with Crippen molar-refractivity contribution in [3.63, 3.8) is 0 Å². The quantitative estimate of drug-likeness (QED) is 0.457. The van der Waals surface area contributed by atoms with E-state index in [1.807, 2.05) is 13.8 Å². The van der Waals surface area contributed by atoms with E-state index in [1.54, 1.807) is 18.1 Å². The summed E-state index contributed by atoms with van der Waals surface area (Å²) >= 11 is 0. The number of hydrogen-bond donors (Lipinski definition) is 1. The average molecular weight is 559 g/mol. The van der Waals surface area contributed by atoms with Gasteiger partial charge in [0, 0.05) is 50.4 Å². The fourth-order valence-electron chi connectivity index (χ4n) is 6.15. The van der Waals surface area contributed by atoms with Crippen LogP contribution >= 0.6 is 0 Å². The number of halogens is 1. The average Bonchev–Trinajstić information content (AvgIpc) is 3.66. The molecule has 0 bridgehead atoms. The summed E-state index contributed by atoms with van der Waals surface area (Å²) in [6.45, 7) is 8.30. The van der Waals surface area contributed by atoms with Crippen molar-refractivity contribution in [3.8, 4) is 11.5 Å². The first-order valence-corrected chi connectivity index (χ1v) is 14.1. The lowest BCUT2D eigenvalue weighted by molar-refractivity contribution is -0.115. The number of carbonyl (C=O) groups is 2. The minimum absolute atomic E-state index is 0.0513. The molecule has 41 heavy (non-hydrogen) atoms. The van der Waals surface area contributed by atoms with E-state index in [1.165, 1.54) is 30.1 Å². The Morgan fingerprint density at radius 1 is 1.15 bits per heavy atom. The zero-order valence-electron chi connectivity index (χ0n) is 23.7. The first-order chi connectivity index (χ1) is 19.7. The van der Waals surface area contributed by atoms with Crippen molar-refractivity contribution in [2.75, 3.05) is 43.4 Å². The molecule has 0 saturated carbocycles. The SMILES string of the molecule is CC(C)N(C)C(=O)c1cc(F)ccc1Oc1cncnc1N1CCC2(CCN(Cc3ccc4c(c3)NC(=O)C4)C2)C1. The van der Waals surface area contributed by atoms with Gasteiger partial charge in [0.1, 0.15) is 17.9 Å². The Morgan fingerprint density at radius 3 is 2.80 bits per heavy atom. The molecule has 6 rings (SSSR count).